The number of methoxy groups -OCH3 is 1. The van der Waals surface area contributed by atoms with Crippen molar-refractivity contribution in [2.24, 2.45) is 0 Å². The van der Waals surface area contributed by atoms with Crippen LogP contribution in [0, 0.1) is 0 Å². The van der Waals surface area contributed by atoms with E-state index in [1.165, 1.54) is 18.4 Å². The zero-order valence-corrected chi connectivity index (χ0v) is 11.8. The molecule has 106 valence electrons. The summed E-state index contributed by atoms with van der Waals surface area (Å²) in [4.78, 5) is 0. The molecule has 6 nitrogen and oxygen atoms in total. The fourth-order valence-electron chi connectivity index (χ4n) is 2.21. The van der Waals surface area contributed by atoms with Crippen LogP contribution in [0.15, 0.2) is 24.3 Å². The highest BCUT2D eigenvalue weighted by Crippen LogP contribution is 2.35. The molecule has 1 aliphatic rings. The van der Waals surface area contributed by atoms with Gasteiger partial charge in [-0.25, -0.2) is 4.68 Å². The molecule has 3 rings (SSSR count). The first-order valence-electron chi connectivity index (χ1n) is 6.92. The minimum Gasteiger partial charge on any atom is -0.497 e. The lowest BCUT2D eigenvalue weighted by molar-refractivity contribution is 0.413. The Morgan fingerprint density at radius 3 is 3.05 bits per heavy atom. The Labute approximate surface area is 118 Å². The number of rotatable bonds is 6. The van der Waals surface area contributed by atoms with Crippen LogP contribution >= 0.6 is 0 Å². The van der Waals surface area contributed by atoms with E-state index in [0.717, 1.165) is 18.1 Å². The Balaban J connectivity index is 1.63. The minimum absolute atomic E-state index is 0.122. The van der Waals surface area contributed by atoms with Crippen molar-refractivity contribution < 1.29 is 4.74 Å². The predicted molar refractivity (Wildman–Crippen MR) is 74.3 cm³/mol. The Kier molecular flexibility index (Phi) is 3.64. The van der Waals surface area contributed by atoms with Crippen LogP contribution < -0.4 is 10.1 Å². The fourth-order valence-corrected chi connectivity index (χ4v) is 2.21. The molecule has 0 amide bonds. The second-order valence-electron chi connectivity index (χ2n) is 5.17. The van der Waals surface area contributed by atoms with E-state index >= 15 is 0 Å². The molecule has 0 saturated heterocycles. The van der Waals surface area contributed by atoms with Gasteiger partial charge in [-0.15, -0.1) is 5.10 Å². The Bertz CT molecular complexity index is 578. The fraction of sp³-hybridized carbons (Fsp3) is 0.500. The summed E-state index contributed by atoms with van der Waals surface area (Å²) in [7, 11) is 1.68. The van der Waals surface area contributed by atoms with E-state index < -0.39 is 0 Å². The monoisotopic (exact) mass is 273 g/mol. The van der Waals surface area contributed by atoms with Crippen molar-refractivity contribution in [2.75, 3.05) is 7.11 Å². The largest absolute Gasteiger partial charge is 0.497 e. The maximum Gasteiger partial charge on any atom is 0.168 e. The Hall–Kier alpha value is -1.95. The summed E-state index contributed by atoms with van der Waals surface area (Å²) in [5, 5.41) is 15.5. The van der Waals surface area contributed by atoms with Gasteiger partial charge in [-0.3, -0.25) is 0 Å². The van der Waals surface area contributed by atoms with Crippen LogP contribution in [0.25, 0.3) is 0 Å². The quantitative estimate of drug-likeness (QED) is 0.870. The van der Waals surface area contributed by atoms with Crippen LogP contribution in [0.4, 0.5) is 0 Å². The van der Waals surface area contributed by atoms with Gasteiger partial charge < -0.3 is 10.1 Å². The average molecular weight is 273 g/mol. The minimum atomic E-state index is 0.122. The molecule has 1 fully saturated rings. The lowest BCUT2D eigenvalue weighted by Crippen LogP contribution is -2.22. The molecule has 6 heteroatoms. The van der Waals surface area contributed by atoms with Crippen molar-refractivity contribution in [2.45, 2.75) is 38.4 Å². The highest BCUT2D eigenvalue weighted by Gasteiger charge is 2.29. The SMILES string of the molecule is COc1cccc(CN[C@H](C)c2nnnn2C2CC2)c1. The zero-order valence-electron chi connectivity index (χ0n) is 11.8. The second-order valence-corrected chi connectivity index (χ2v) is 5.17. The average Bonchev–Trinajstić information content (AvgIpc) is 3.22. The summed E-state index contributed by atoms with van der Waals surface area (Å²) >= 11 is 0. The van der Waals surface area contributed by atoms with E-state index in [4.69, 9.17) is 4.74 Å². The van der Waals surface area contributed by atoms with Crippen molar-refractivity contribution in [3.63, 3.8) is 0 Å². The van der Waals surface area contributed by atoms with E-state index in [1.807, 2.05) is 22.9 Å². The third-order valence-corrected chi connectivity index (χ3v) is 3.54. The summed E-state index contributed by atoms with van der Waals surface area (Å²) in [5.41, 5.74) is 1.18. The summed E-state index contributed by atoms with van der Waals surface area (Å²) < 4.78 is 7.18. The van der Waals surface area contributed by atoms with Gasteiger partial charge in [0, 0.05) is 6.54 Å². The number of hydrogen-bond acceptors (Lipinski definition) is 5. The number of benzene rings is 1. The van der Waals surface area contributed by atoms with Gasteiger partial charge >= 0.3 is 0 Å². The van der Waals surface area contributed by atoms with Gasteiger partial charge in [0.2, 0.25) is 0 Å². The molecule has 0 bridgehead atoms. The Morgan fingerprint density at radius 1 is 1.45 bits per heavy atom. The smallest absolute Gasteiger partial charge is 0.168 e. The molecule has 1 atom stereocenters. The Morgan fingerprint density at radius 2 is 2.30 bits per heavy atom. The third-order valence-electron chi connectivity index (χ3n) is 3.54. The molecule has 0 unspecified atom stereocenters. The van der Waals surface area contributed by atoms with Gasteiger partial charge in [-0.1, -0.05) is 12.1 Å². The lowest BCUT2D eigenvalue weighted by Gasteiger charge is -2.13. The van der Waals surface area contributed by atoms with Gasteiger partial charge in [-0.05, 0) is 47.9 Å². The molecule has 2 aromatic rings. The highest BCUT2D eigenvalue weighted by atomic mass is 16.5. The summed E-state index contributed by atoms with van der Waals surface area (Å²) in [6.07, 6.45) is 2.36. The van der Waals surface area contributed by atoms with E-state index in [-0.39, 0.29) is 6.04 Å². The number of nitrogens with zero attached hydrogens (tertiary/aromatic N) is 4. The van der Waals surface area contributed by atoms with E-state index in [9.17, 15) is 0 Å². The van der Waals surface area contributed by atoms with Gasteiger partial charge in [0.15, 0.2) is 5.82 Å². The maximum absolute atomic E-state index is 5.23. The van der Waals surface area contributed by atoms with Gasteiger partial charge in [-0.2, -0.15) is 0 Å². The van der Waals surface area contributed by atoms with Gasteiger partial charge in [0.1, 0.15) is 5.75 Å². The van der Waals surface area contributed by atoms with Crippen molar-refractivity contribution in [3.8, 4) is 5.75 Å². The van der Waals surface area contributed by atoms with Crippen molar-refractivity contribution >= 4 is 0 Å². The van der Waals surface area contributed by atoms with E-state index in [2.05, 4.69) is 33.8 Å². The zero-order chi connectivity index (χ0) is 13.9. The summed E-state index contributed by atoms with van der Waals surface area (Å²) in [5.74, 6) is 1.79. The molecule has 1 N–H and O–H groups in total. The number of hydrogen-bond donors (Lipinski definition) is 1. The van der Waals surface area contributed by atoms with Crippen LogP contribution in [0.3, 0.4) is 0 Å². The molecule has 1 aromatic heterocycles. The molecule has 0 spiro atoms. The van der Waals surface area contributed by atoms with Crippen molar-refractivity contribution in [3.05, 3.63) is 35.7 Å². The van der Waals surface area contributed by atoms with Gasteiger partial charge in [0.05, 0.1) is 19.2 Å². The molecule has 1 saturated carbocycles. The summed E-state index contributed by atoms with van der Waals surface area (Å²) in [6, 6.07) is 8.67. The number of tetrazole rings is 1. The van der Waals surface area contributed by atoms with Crippen LogP contribution in [0.2, 0.25) is 0 Å². The number of aromatic nitrogens is 4. The molecule has 0 radical (unpaired) electrons. The first kappa shape index (κ1) is 13.1. The first-order chi connectivity index (χ1) is 9.78. The van der Waals surface area contributed by atoms with Crippen molar-refractivity contribution in [1.82, 2.24) is 25.5 Å². The molecule has 1 aliphatic carbocycles. The standard InChI is InChI=1S/C14H19N5O/c1-10(14-16-17-18-19(14)12-6-7-12)15-9-11-4-3-5-13(8-11)20-2/h3-5,8,10,12,15H,6-7,9H2,1-2H3/t10-/m1/s1. The highest BCUT2D eigenvalue weighted by molar-refractivity contribution is 5.28. The van der Waals surface area contributed by atoms with Crippen LogP contribution in [-0.2, 0) is 6.54 Å². The molecular formula is C14H19N5O. The normalized spacial score (nSPS) is 16.1. The van der Waals surface area contributed by atoms with Crippen LogP contribution in [0.5, 0.6) is 5.75 Å². The van der Waals surface area contributed by atoms with Crippen LogP contribution in [0.1, 0.15) is 43.2 Å². The molecule has 1 heterocycles. The van der Waals surface area contributed by atoms with E-state index in [1.54, 1.807) is 7.11 Å². The van der Waals surface area contributed by atoms with E-state index in [0.29, 0.717) is 6.04 Å². The molecular weight excluding hydrogens is 254 g/mol. The molecule has 20 heavy (non-hydrogen) atoms. The number of ether oxygens (including phenoxy) is 1. The molecule has 1 aromatic carbocycles. The topological polar surface area (TPSA) is 64.9 Å². The number of nitrogens with one attached hydrogen (secondary N) is 1. The third kappa shape index (κ3) is 2.80. The van der Waals surface area contributed by atoms with Crippen LogP contribution in [-0.4, -0.2) is 27.3 Å². The maximum atomic E-state index is 5.23. The van der Waals surface area contributed by atoms with Gasteiger partial charge in [0.25, 0.3) is 0 Å². The predicted octanol–water partition coefficient (Wildman–Crippen LogP) is 1.87. The summed E-state index contributed by atoms with van der Waals surface area (Å²) in [6.45, 7) is 2.85. The lowest BCUT2D eigenvalue weighted by atomic mass is 10.2. The second kappa shape index (κ2) is 5.58. The van der Waals surface area contributed by atoms with Crippen molar-refractivity contribution in [1.29, 1.82) is 0 Å². The first-order valence-corrected chi connectivity index (χ1v) is 6.92. The molecule has 0 aliphatic heterocycles.